The molecule has 1 N–H and O–H groups in total. The minimum Gasteiger partial charge on any atom is -0.363 e. The highest BCUT2D eigenvalue weighted by Crippen LogP contribution is 2.37. The molecule has 0 aromatic carbocycles. The summed E-state index contributed by atoms with van der Waals surface area (Å²) in [5, 5.41) is 14.6. The van der Waals surface area contributed by atoms with Gasteiger partial charge in [0.15, 0.2) is 0 Å². The molecule has 6 nitrogen and oxygen atoms in total. The third kappa shape index (κ3) is 2.90. The van der Waals surface area contributed by atoms with Crippen LogP contribution >= 0.6 is 0 Å². The van der Waals surface area contributed by atoms with Crippen LogP contribution in [-0.4, -0.2) is 35.6 Å². The van der Waals surface area contributed by atoms with Gasteiger partial charge in [-0.05, 0) is 50.8 Å². The lowest BCUT2D eigenvalue weighted by molar-refractivity contribution is -0.384. The van der Waals surface area contributed by atoms with Crippen LogP contribution in [-0.2, 0) is 0 Å². The number of hydrogen-bond donors (Lipinski definition) is 1. The van der Waals surface area contributed by atoms with Crippen LogP contribution < -0.4 is 10.2 Å². The van der Waals surface area contributed by atoms with Crippen molar-refractivity contribution in [1.29, 1.82) is 0 Å². The fourth-order valence-electron chi connectivity index (χ4n) is 2.95. The van der Waals surface area contributed by atoms with Crippen LogP contribution in [0.2, 0.25) is 0 Å². The zero-order valence-corrected chi connectivity index (χ0v) is 11.5. The molecular formula is C14H20N4O2. The molecule has 3 rings (SSSR count). The quantitative estimate of drug-likeness (QED) is 0.657. The minimum atomic E-state index is -0.323. The second-order valence-electron chi connectivity index (χ2n) is 5.72. The molecule has 1 aliphatic heterocycles. The van der Waals surface area contributed by atoms with E-state index in [4.69, 9.17) is 0 Å². The third-order valence-electron chi connectivity index (χ3n) is 4.13. The van der Waals surface area contributed by atoms with E-state index in [1.807, 2.05) is 0 Å². The van der Waals surface area contributed by atoms with Gasteiger partial charge in [0.05, 0.1) is 4.92 Å². The summed E-state index contributed by atoms with van der Waals surface area (Å²) in [6.45, 7) is 3.01. The van der Waals surface area contributed by atoms with Crippen molar-refractivity contribution < 1.29 is 4.92 Å². The van der Waals surface area contributed by atoms with Crippen LogP contribution in [0.3, 0.4) is 0 Å². The van der Waals surface area contributed by atoms with Gasteiger partial charge in [0, 0.05) is 18.8 Å². The smallest absolute Gasteiger partial charge is 0.310 e. The Labute approximate surface area is 118 Å². The summed E-state index contributed by atoms with van der Waals surface area (Å²) in [6, 6.07) is 2.25. The Morgan fingerprint density at radius 2 is 2.30 bits per heavy atom. The molecule has 0 amide bonds. The summed E-state index contributed by atoms with van der Waals surface area (Å²) in [6.07, 6.45) is 7.69. The number of aromatic nitrogens is 1. The fourth-order valence-corrected chi connectivity index (χ4v) is 2.95. The Balaban J connectivity index is 1.81. The van der Waals surface area contributed by atoms with Crippen molar-refractivity contribution in [2.24, 2.45) is 5.92 Å². The maximum atomic E-state index is 11.2. The number of piperidine rings is 1. The maximum Gasteiger partial charge on any atom is 0.310 e. The number of nitro groups is 1. The normalized spacial score (nSPS) is 22.5. The van der Waals surface area contributed by atoms with Crippen molar-refractivity contribution in [3.05, 3.63) is 28.6 Å². The lowest BCUT2D eigenvalue weighted by atomic mass is 9.98. The monoisotopic (exact) mass is 276 g/mol. The standard InChI is InChI=1S/C14H20N4O2/c19-18(20)14-9-16-7-5-13(14)17(12-3-4-12)10-11-2-1-6-15-8-11/h5,7,9,11-12,15H,1-4,6,8,10H2. The first-order valence-electron chi connectivity index (χ1n) is 7.31. The lowest BCUT2D eigenvalue weighted by Gasteiger charge is -2.31. The minimum absolute atomic E-state index is 0.128. The van der Waals surface area contributed by atoms with E-state index in [0.29, 0.717) is 12.0 Å². The van der Waals surface area contributed by atoms with Crippen molar-refractivity contribution >= 4 is 11.4 Å². The number of rotatable bonds is 5. The summed E-state index contributed by atoms with van der Waals surface area (Å²) < 4.78 is 0. The van der Waals surface area contributed by atoms with Crippen molar-refractivity contribution in [2.45, 2.75) is 31.7 Å². The molecule has 1 aliphatic carbocycles. The highest BCUT2D eigenvalue weighted by Gasteiger charge is 2.34. The van der Waals surface area contributed by atoms with Crippen molar-refractivity contribution in [1.82, 2.24) is 10.3 Å². The number of pyridine rings is 1. The predicted octanol–water partition coefficient (Wildman–Crippen LogP) is 1.96. The molecule has 1 unspecified atom stereocenters. The average Bonchev–Trinajstić information content (AvgIpc) is 3.30. The van der Waals surface area contributed by atoms with E-state index < -0.39 is 0 Å². The zero-order chi connectivity index (χ0) is 13.9. The summed E-state index contributed by atoms with van der Waals surface area (Å²) in [7, 11) is 0. The van der Waals surface area contributed by atoms with Crippen LogP contribution in [0.4, 0.5) is 11.4 Å². The first-order valence-corrected chi connectivity index (χ1v) is 7.31. The topological polar surface area (TPSA) is 71.3 Å². The van der Waals surface area contributed by atoms with Gasteiger partial charge in [-0.15, -0.1) is 0 Å². The summed E-state index contributed by atoms with van der Waals surface area (Å²) in [4.78, 5) is 17.0. The van der Waals surface area contributed by atoms with Gasteiger partial charge >= 0.3 is 5.69 Å². The van der Waals surface area contributed by atoms with Gasteiger partial charge in [-0.25, -0.2) is 0 Å². The van der Waals surface area contributed by atoms with E-state index in [-0.39, 0.29) is 10.6 Å². The lowest BCUT2D eigenvalue weighted by Crippen LogP contribution is -2.39. The predicted molar refractivity (Wildman–Crippen MR) is 76.9 cm³/mol. The van der Waals surface area contributed by atoms with E-state index in [0.717, 1.165) is 38.2 Å². The van der Waals surface area contributed by atoms with Gasteiger partial charge in [0.25, 0.3) is 0 Å². The molecule has 108 valence electrons. The molecule has 2 aliphatic rings. The maximum absolute atomic E-state index is 11.2. The Morgan fingerprint density at radius 1 is 1.45 bits per heavy atom. The van der Waals surface area contributed by atoms with Gasteiger partial charge in [0.2, 0.25) is 0 Å². The molecule has 6 heteroatoms. The average molecular weight is 276 g/mol. The van der Waals surface area contributed by atoms with Gasteiger partial charge in [-0.2, -0.15) is 0 Å². The first-order chi connectivity index (χ1) is 9.75. The Hall–Kier alpha value is -1.69. The second-order valence-corrected chi connectivity index (χ2v) is 5.72. The van der Waals surface area contributed by atoms with Crippen LogP contribution in [0.15, 0.2) is 18.5 Å². The molecule has 0 radical (unpaired) electrons. The van der Waals surface area contributed by atoms with E-state index in [1.54, 1.807) is 12.3 Å². The van der Waals surface area contributed by atoms with Crippen LogP contribution in [0, 0.1) is 16.0 Å². The number of nitrogens with one attached hydrogen (secondary N) is 1. The molecule has 0 spiro atoms. The van der Waals surface area contributed by atoms with E-state index >= 15 is 0 Å². The van der Waals surface area contributed by atoms with Gasteiger partial charge < -0.3 is 10.2 Å². The summed E-state index contributed by atoms with van der Waals surface area (Å²) >= 11 is 0. The molecule has 1 aromatic rings. The van der Waals surface area contributed by atoms with Crippen LogP contribution in [0.5, 0.6) is 0 Å². The van der Waals surface area contributed by atoms with Crippen LogP contribution in [0.25, 0.3) is 0 Å². The molecule has 1 saturated heterocycles. The Bertz CT molecular complexity index is 484. The van der Waals surface area contributed by atoms with Crippen molar-refractivity contribution in [2.75, 3.05) is 24.5 Å². The molecule has 2 heterocycles. The van der Waals surface area contributed by atoms with Crippen molar-refractivity contribution in [3.8, 4) is 0 Å². The molecule has 1 aromatic heterocycles. The van der Waals surface area contributed by atoms with E-state index in [1.165, 1.54) is 19.0 Å². The van der Waals surface area contributed by atoms with Crippen molar-refractivity contribution in [3.63, 3.8) is 0 Å². The van der Waals surface area contributed by atoms with Gasteiger partial charge in [-0.3, -0.25) is 15.1 Å². The number of hydrogen-bond acceptors (Lipinski definition) is 5. The molecule has 20 heavy (non-hydrogen) atoms. The zero-order valence-electron chi connectivity index (χ0n) is 11.5. The second kappa shape index (κ2) is 5.75. The van der Waals surface area contributed by atoms with Crippen LogP contribution in [0.1, 0.15) is 25.7 Å². The summed E-state index contributed by atoms with van der Waals surface area (Å²) in [5.74, 6) is 0.581. The Kier molecular flexibility index (Phi) is 3.82. The fraction of sp³-hybridized carbons (Fsp3) is 0.643. The van der Waals surface area contributed by atoms with E-state index in [9.17, 15) is 10.1 Å². The molecule has 2 fully saturated rings. The molecule has 0 bridgehead atoms. The molecule has 1 saturated carbocycles. The highest BCUT2D eigenvalue weighted by atomic mass is 16.6. The van der Waals surface area contributed by atoms with Gasteiger partial charge in [0.1, 0.15) is 11.9 Å². The number of nitrogens with zero attached hydrogens (tertiary/aromatic N) is 3. The SMILES string of the molecule is O=[N+]([O-])c1cnccc1N(CC1CCCNC1)C1CC1. The third-order valence-corrected chi connectivity index (χ3v) is 4.13. The molecular weight excluding hydrogens is 256 g/mol. The largest absolute Gasteiger partial charge is 0.363 e. The first kappa shape index (κ1) is 13.3. The molecule has 1 atom stereocenters. The number of anilines is 1. The van der Waals surface area contributed by atoms with E-state index in [2.05, 4.69) is 15.2 Å². The van der Waals surface area contributed by atoms with Gasteiger partial charge in [-0.1, -0.05) is 0 Å². The Morgan fingerprint density at radius 3 is 2.95 bits per heavy atom. The highest BCUT2D eigenvalue weighted by molar-refractivity contribution is 5.63. The summed E-state index contributed by atoms with van der Waals surface area (Å²) in [5.41, 5.74) is 0.862.